The molecule has 1 aliphatic carbocycles. The molecule has 2 heterocycles. The summed E-state index contributed by atoms with van der Waals surface area (Å²) < 4.78 is 26.6. The number of aliphatic hydroxyl groups excluding tert-OH is 1. The van der Waals surface area contributed by atoms with Crippen LogP contribution in [0.4, 0.5) is 14.5 Å². The van der Waals surface area contributed by atoms with Crippen molar-refractivity contribution < 1.29 is 18.7 Å². The Morgan fingerprint density at radius 2 is 1.88 bits per heavy atom. The van der Waals surface area contributed by atoms with Crippen LogP contribution >= 0.6 is 11.3 Å². The zero-order valence-corrected chi connectivity index (χ0v) is 19.8. The molecule has 1 aromatic carbocycles. The van der Waals surface area contributed by atoms with Crippen LogP contribution in [0.3, 0.4) is 0 Å². The van der Waals surface area contributed by atoms with Crippen molar-refractivity contribution in [2.45, 2.75) is 38.1 Å². The molecular formula is C24H30F2N4O2S. The molecule has 0 aliphatic heterocycles. The van der Waals surface area contributed by atoms with Crippen molar-refractivity contribution in [1.82, 2.24) is 9.97 Å². The smallest absolute Gasteiger partial charge is 0.169 e. The number of rotatable bonds is 4. The van der Waals surface area contributed by atoms with E-state index in [0.29, 0.717) is 18.2 Å². The summed E-state index contributed by atoms with van der Waals surface area (Å²) >= 11 is 1.03. The standard InChI is InChI=1S/C13H21N3.C10H5F2NOS.CH4O/c1-9-5-10(7-11(14)6-9)12-3-4-16-8-13(12)15-2;11-7-2-1-3-8(12)9(7)10-13-6(4-14)5-15-10;1-2/h3-4,8-11,15H,5-7,14H2,1-2H3;1-5H;2H,1H3/t9-,10+,11-;;/m0../s1. The van der Waals surface area contributed by atoms with Gasteiger partial charge in [0, 0.05) is 31.8 Å². The van der Waals surface area contributed by atoms with Crippen LogP contribution in [0.5, 0.6) is 0 Å². The van der Waals surface area contributed by atoms with Gasteiger partial charge in [0.05, 0.1) is 17.4 Å². The quantitative estimate of drug-likeness (QED) is 0.465. The van der Waals surface area contributed by atoms with Gasteiger partial charge in [-0.25, -0.2) is 13.8 Å². The summed E-state index contributed by atoms with van der Waals surface area (Å²) in [4.78, 5) is 18.3. The van der Waals surface area contributed by atoms with Crippen LogP contribution in [0.25, 0.3) is 10.6 Å². The predicted octanol–water partition coefficient (Wildman–Crippen LogP) is 4.86. The Balaban J connectivity index is 0.000000218. The molecule has 4 rings (SSSR count). The highest BCUT2D eigenvalue weighted by Gasteiger charge is 2.26. The van der Waals surface area contributed by atoms with E-state index in [1.807, 2.05) is 19.4 Å². The van der Waals surface area contributed by atoms with E-state index >= 15 is 0 Å². The number of nitrogens with zero attached hydrogens (tertiary/aromatic N) is 2. The van der Waals surface area contributed by atoms with Crippen molar-refractivity contribution in [3.63, 3.8) is 0 Å². The monoisotopic (exact) mass is 476 g/mol. The first-order valence-corrected chi connectivity index (χ1v) is 11.5. The van der Waals surface area contributed by atoms with Gasteiger partial charge in [0.25, 0.3) is 0 Å². The number of aliphatic hydroxyl groups is 1. The zero-order valence-electron chi connectivity index (χ0n) is 19.0. The van der Waals surface area contributed by atoms with Crippen molar-refractivity contribution in [2.75, 3.05) is 19.5 Å². The van der Waals surface area contributed by atoms with Crippen molar-refractivity contribution in [2.24, 2.45) is 11.7 Å². The fourth-order valence-electron chi connectivity index (χ4n) is 4.04. The van der Waals surface area contributed by atoms with Gasteiger partial charge >= 0.3 is 0 Å². The van der Waals surface area contributed by atoms with Gasteiger partial charge in [0.1, 0.15) is 22.3 Å². The molecule has 4 N–H and O–H groups in total. The Bertz CT molecular complexity index is 1000. The lowest BCUT2D eigenvalue weighted by atomic mass is 9.76. The topological polar surface area (TPSA) is 101 Å². The molecule has 0 amide bonds. The molecule has 2 aromatic heterocycles. The van der Waals surface area contributed by atoms with Crippen LogP contribution in [-0.2, 0) is 0 Å². The Kier molecular flexibility index (Phi) is 10.5. The first-order valence-electron chi connectivity index (χ1n) is 10.6. The number of anilines is 1. The van der Waals surface area contributed by atoms with Crippen molar-refractivity contribution in [3.05, 3.63) is 64.9 Å². The molecule has 1 aliphatic rings. The number of aromatic nitrogens is 2. The number of hydrogen-bond donors (Lipinski definition) is 3. The van der Waals surface area contributed by atoms with Gasteiger partial charge in [-0.3, -0.25) is 9.78 Å². The third kappa shape index (κ3) is 7.12. The minimum absolute atomic E-state index is 0.174. The highest BCUT2D eigenvalue weighted by molar-refractivity contribution is 7.13. The summed E-state index contributed by atoms with van der Waals surface area (Å²) in [5.74, 6) is -0.0422. The Hall–Kier alpha value is -2.75. The molecule has 0 unspecified atom stereocenters. The van der Waals surface area contributed by atoms with E-state index in [2.05, 4.69) is 28.3 Å². The van der Waals surface area contributed by atoms with Gasteiger partial charge in [-0.2, -0.15) is 0 Å². The first-order chi connectivity index (χ1) is 15.9. The van der Waals surface area contributed by atoms with E-state index in [9.17, 15) is 13.6 Å². The molecule has 1 fully saturated rings. The largest absolute Gasteiger partial charge is 0.400 e. The van der Waals surface area contributed by atoms with Gasteiger partial charge in [-0.05, 0) is 54.9 Å². The second kappa shape index (κ2) is 13.1. The van der Waals surface area contributed by atoms with Crippen LogP contribution < -0.4 is 11.1 Å². The maximum absolute atomic E-state index is 13.3. The fraction of sp³-hybridized carbons (Fsp3) is 0.375. The molecule has 3 atom stereocenters. The van der Waals surface area contributed by atoms with Gasteiger partial charge < -0.3 is 16.2 Å². The molecule has 6 nitrogen and oxygen atoms in total. The molecule has 9 heteroatoms. The van der Waals surface area contributed by atoms with E-state index in [-0.39, 0.29) is 16.3 Å². The summed E-state index contributed by atoms with van der Waals surface area (Å²) in [6.07, 6.45) is 7.83. The number of carbonyl (C=O) groups is 1. The molecule has 0 spiro atoms. The molecule has 0 radical (unpaired) electrons. The molecule has 3 aromatic rings. The van der Waals surface area contributed by atoms with Crippen LogP contribution in [0.2, 0.25) is 0 Å². The minimum Gasteiger partial charge on any atom is -0.400 e. The van der Waals surface area contributed by atoms with Crippen molar-refractivity contribution >= 4 is 23.3 Å². The highest BCUT2D eigenvalue weighted by Crippen LogP contribution is 2.38. The number of carbonyl (C=O) groups excluding carboxylic acids is 1. The third-order valence-corrected chi connectivity index (χ3v) is 6.24. The molecule has 178 valence electrons. The number of nitrogens with one attached hydrogen (secondary N) is 1. The zero-order chi connectivity index (χ0) is 24.4. The summed E-state index contributed by atoms with van der Waals surface area (Å²) in [5.41, 5.74) is 8.62. The lowest BCUT2D eigenvalue weighted by Gasteiger charge is -2.32. The molecule has 1 saturated carbocycles. The summed E-state index contributed by atoms with van der Waals surface area (Å²) in [6, 6.07) is 6.07. The second-order valence-electron chi connectivity index (χ2n) is 7.77. The molecule has 0 saturated heterocycles. The summed E-state index contributed by atoms with van der Waals surface area (Å²) in [7, 11) is 2.95. The minimum atomic E-state index is -0.679. The van der Waals surface area contributed by atoms with Crippen LogP contribution in [-0.4, -0.2) is 41.6 Å². The van der Waals surface area contributed by atoms with E-state index < -0.39 is 11.6 Å². The average Bonchev–Trinajstić information content (AvgIpc) is 3.29. The first kappa shape index (κ1) is 26.5. The molecule has 33 heavy (non-hydrogen) atoms. The Labute approximate surface area is 196 Å². The Morgan fingerprint density at radius 3 is 2.45 bits per heavy atom. The SMILES string of the molecule is CNc1cnccc1[C@@H]1C[C@H](C)C[C@H](N)C1.CO.O=Cc1csc(-c2c(F)cccc2F)n1. The average molecular weight is 477 g/mol. The number of benzene rings is 1. The van der Waals surface area contributed by atoms with Gasteiger partial charge in [-0.1, -0.05) is 13.0 Å². The lowest BCUT2D eigenvalue weighted by Crippen LogP contribution is -2.31. The second-order valence-corrected chi connectivity index (χ2v) is 8.63. The van der Waals surface area contributed by atoms with Gasteiger partial charge in [-0.15, -0.1) is 11.3 Å². The van der Waals surface area contributed by atoms with E-state index in [0.717, 1.165) is 55.0 Å². The van der Waals surface area contributed by atoms with E-state index in [1.165, 1.54) is 23.4 Å². The van der Waals surface area contributed by atoms with Crippen LogP contribution in [0.1, 0.15) is 48.2 Å². The summed E-state index contributed by atoms with van der Waals surface area (Å²) in [6.45, 7) is 2.30. The van der Waals surface area contributed by atoms with Gasteiger partial charge in [0.2, 0.25) is 0 Å². The number of thiazole rings is 1. The molecule has 0 bridgehead atoms. The number of hydrogen-bond acceptors (Lipinski definition) is 7. The Morgan fingerprint density at radius 1 is 1.18 bits per heavy atom. The van der Waals surface area contributed by atoms with E-state index in [1.54, 1.807) is 0 Å². The van der Waals surface area contributed by atoms with Crippen molar-refractivity contribution in [1.29, 1.82) is 0 Å². The fourth-order valence-corrected chi connectivity index (χ4v) is 4.85. The number of aldehydes is 1. The lowest BCUT2D eigenvalue weighted by molar-refractivity contribution is 0.111. The van der Waals surface area contributed by atoms with Gasteiger partial charge in [0.15, 0.2) is 6.29 Å². The van der Waals surface area contributed by atoms with E-state index in [4.69, 9.17) is 10.8 Å². The molecular weight excluding hydrogens is 446 g/mol. The predicted molar refractivity (Wildman–Crippen MR) is 129 cm³/mol. The maximum Gasteiger partial charge on any atom is 0.169 e. The number of halogens is 2. The van der Waals surface area contributed by atoms with Crippen LogP contribution in [0.15, 0.2) is 42.0 Å². The number of nitrogens with two attached hydrogens (primary N) is 1. The van der Waals surface area contributed by atoms with Crippen LogP contribution in [0, 0.1) is 17.6 Å². The number of pyridine rings is 1. The third-order valence-electron chi connectivity index (χ3n) is 5.36. The highest BCUT2D eigenvalue weighted by atomic mass is 32.1. The summed E-state index contributed by atoms with van der Waals surface area (Å²) in [5, 5.41) is 11.8. The maximum atomic E-state index is 13.3. The normalized spacial score (nSPS) is 19.4. The van der Waals surface area contributed by atoms with Crippen molar-refractivity contribution in [3.8, 4) is 10.6 Å².